The lowest BCUT2D eigenvalue weighted by Gasteiger charge is -2.30. The molecule has 0 fully saturated rings. The molecule has 6 aromatic carbocycles. The third kappa shape index (κ3) is 3.06. The Morgan fingerprint density at radius 3 is 1.62 bits per heavy atom. The van der Waals surface area contributed by atoms with Crippen molar-refractivity contribution in [2.24, 2.45) is 0 Å². The first kappa shape index (κ1) is 22.8. The van der Waals surface area contributed by atoms with Crippen LogP contribution in [0.3, 0.4) is 0 Å². The number of rotatable bonds is 2. The van der Waals surface area contributed by atoms with E-state index < -0.39 is 7.14 Å². The number of benzene rings is 6. The Bertz CT molecular complexity index is 1960. The molecule has 186 valence electrons. The van der Waals surface area contributed by atoms with E-state index in [1.54, 1.807) is 0 Å². The Morgan fingerprint density at radius 2 is 0.974 bits per heavy atom. The molecule has 0 aliphatic heterocycles. The molecule has 0 atom stereocenters. The van der Waals surface area contributed by atoms with Gasteiger partial charge in [-0.3, -0.25) is 0 Å². The minimum atomic E-state index is -2.29. The van der Waals surface area contributed by atoms with E-state index in [9.17, 15) is 4.57 Å². The minimum Gasteiger partial charge on any atom is -0.319 e. The fourth-order valence-electron chi connectivity index (χ4n) is 7.02. The first-order valence-corrected chi connectivity index (χ1v) is 16.1. The van der Waals surface area contributed by atoms with Gasteiger partial charge in [0.15, 0.2) is 0 Å². The molecule has 0 radical (unpaired) electrons. The molecule has 2 heteroatoms. The largest absolute Gasteiger partial charge is 0.319 e. The molecule has 39 heavy (non-hydrogen) atoms. The Morgan fingerprint density at radius 1 is 0.462 bits per heavy atom. The van der Waals surface area contributed by atoms with E-state index in [2.05, 4.69) is 115 Å². The molecule has 2 aliphatic carbocycles. The summed E-state index contributed by atoms with van der Waals surface area (Å²) in [5.74, 6) is 0. The van der Waals surface area contributed by atoms with Gasteiger partial charge in [-0.1, -0.05) is 109 Å². The SMILES string of the molecule is CP(C)(=O)c1ccc(-c2ccc3c(c2)-c2cc4ccccc4cc2C32c3ccccc3-c3ccccc32)cc1. The van der Waals surface area contributed by atoms with E-state index in [1.165, 1.54) is 60.8 Å². The molecule has 8 rings (SSSR count). The maximum absolute atomic E-state index is 12.6. The van der Waals surface area contributed by atoms with Crippen molar-refractivity contribution < 1.29 is 4.57 Å². The Kier molecular flexibility index (Phi) is 4.62. The van der Waals surface area contributed by atoms with E-state index in [-0.39, 0.29) is 5.41 Å². The Hall–Kier alpha value is -4.19. The van der Waals surface area contributed by atoms with Crippen molar-refractivity contribution in [2.75, 3.05) is 13.3 Å². The van der Waals surface area contributed by atoms with Crippen molar-refractivity contribution in [1.29, 1.82) is 0 Å². The molecule has 0 N–H and O–H groups in total. The van der Waals surface area contributed by atoms with Gasteiger partial charge in [0.05, 0.1) is 5.41 Å². The van der Waals surface area contributed by atoms with Gasteiger partial charge >= 0.3 is 0 Å². The van der Waals surface area contributed by atoms with Crippen molar-refractivity contribution in [3.05, 3.63) is 150 Å². The molecule has 0 bridgehead atoms. The summed E-state index contributed by atoms with van der Waals surface area (Å²) in [6, 6.07) is 46.7. The lowest BCUT2D eigenvalue weighted by molar-refractivity contribution is 0.588. The highest BCUT2D eigenvalue weighted by Crippen LogP contribution is 2.63. The molecule has 2 aliphatic rings. The van der Waals surface area contributed by atoms with Crippen LogP contribution in [0.4, 0.5) is 0 Å². The summed E-state index contributed by atoms with van der Waals surface area (Å²) in [7, 11) is -2.29. The monoisotopic (exact) mass is 518 g/mol. The lowest BCUT2D eigenvalue weighted by atomic mass is 9.70. The van der Waals surface area contributed by atoms with Gasteiger partial charge in [0.25, 0.3) is 0 Å². The van der Waals surface area contributed by atoms with Crippen molar-refractivity contribution in [1.82, 2.24) is 0 Å². The number of hydrogen-bond donors (Lipinski definition) is 0. The minimum absolute atomic E-state index is 0.346. The Labute approximate surface area is 229 Å². The van der Waals surface area contributed by atoms with Gasteiger partial charge < -0.3 is 4.57 Å². The van der Waals surface area contributed by atoms with Crippen LogP contribution in [0.5, 0.6) is 0 Å². The molecule has 0 heterocycles. The van der Waals surface area contributed by atoms with Gasteiger partial charge in [-0.25, -0.2) is 0 Å². The van der Waals surface area contributed by atoms with Crippen LogP contribution < -0.4 is 5.30 Å². The van der Waals surface area contributed by atoms with E-state index in [1.807, 2.05) is 25.5 Å². The fourth-order valence-corrected chi connectivity index (χ4v) is 7.89. The van der Waals surface area contributed by atoms with Crippen molar-refractivity contribution in [2.45, 2.75) is 5.41 Å². The van der Waals surface area contributed by atoms with Crippen molar-refractivity contribution in [3.8, 4) is 33.4 Å². The predicted molar refractivity (Wildman–Crippen MR) is 165 cm³/mol. The highest BCUT2D eigenvalue weighted by atomic mass is 31.2. The molecule has 6 aromatic rings. The summed E-state index contributed by atoms with van der Waals surface area (Å²) < 4.78 is 12.6. The van der Waals surface area contributed by atoms with E-state index in [4.69, 9.17) is 0 Å². The lowest BCUT2D eigenvalue weighted by Crippen LogP contribution is -2.25. The molecular formula is C37H27OP. The molecule has 1 spiro atoms. The third-order valence-corrected chi connectivity index (χ3v) is 10.3. The highest BCUT2D eigenvalue weighted by molar-refractivity contribution is 7.70. The van der Waals surface area contributed by atoms with Gasteiger partial charge in [0, 0.05) is 5.30 Å². The van der Waals surface area contributed by atoms with E-state index in [0.29, 0.717) is 0 Å². The Balaban J connectivity index is 1.45. The summed E-state index contributed by atoms with van der Waals surface area (Å²) >= 11 is 0. The van der Waals surface area contributed by atoms with Crippen LogP contribution in [0.15, 0.2) is 127 Å². The summed E-state index contributed by atoms with van der Waals surface area (Å²) in [6.07, 6.45) is 0. The van der Waals surface area contributed by atoms with Crippen LogP contribution >= 0.6 is 7.14 Å². The molecule has 0 aromatic heterocycles. The molecule has 1 nitrogen and oxygen atoms in total. The summed E-state index contributed by atoms with van der Waals surface area (Å²) in [6.45, 7) is 3.66. The summed E-state index contributed by atoms with van der Waals surface area (Å²) in [4.78, 5) is 0. The first-order chi connectivity index (χ1) is 19.0. The second-order valence-corrected chi connectivity index (χ2v) is 14.5. The molecular weight excluding hydrogens is 491 g/mol. The second-order valence-electron chi connectivity index (χ2n) is 11.2. The first-order valence-electron chi connectivity index (χ1n) is 13.5. The van der Waals surface area contributed by atoms with Gasteiger partial charge in [0.1, 0.15) is 7.14 Å². The maximum Gasteiger partial charge on any atom is 0.109 e. The topological polar surface area (TPSA) is 17.1 Å². The van der Waals surface area contributed by atoms with E-state index >= 15 is 0 Å². The van der Waals surface area contributed by atoms with Crippen LogP contribution in [-0.4, -0.2) is 13.3 Å². The summed E-state index contributed by atoms with van der Waals surface area (Å²) in [5, 5.41) is 3.45. The number of fused-ring (bicyclic) bond motifs is 11. The fraction of sp³-hybridized carbons (Fsp3) is 0.0811. The van der Waals surface area contributed by atoms with Gasteiger partial charge in [-0.05, 0) is 97.9 Å². The molecule has 0 unspecified atom stereocenters. The van der Waals surface area contributed by atoms with E-state index in [0.717, 1.165) is 10.9 Å². The standard InChI is InChI=1S/C37H27OP/c1-39(2,38)28-18-15-24(16-19-28)27-17-20-35-31(22-27)32-21-25-9-3-4-10-26(25)23-36(32)37(35)33-13-7-5-11-29(33)30-12-6-8-14-34(30)37/h3-23H,1-2H3. The molecule has 0 saturated heterocycles. The average Bonchev–Trinajstić information content (AvgIpc) is 3.42. The van der Waals surface area contributed by atoms with Gasteiger partial charge in [-0.2, -0.15) is 0 Å². The zero-order chi connectivity index (χ0) is 26.4. The van der Waals surface area contributed by atoms with Crippen molar-refractivity contribution >= 4 is 23.2 Å². The third-order valence-electron chi connectivity index (χ3n) is 8.78. The highest BCUT2D eigenvalue weighted by Gasteiger charge is 2.51. The van der Waals surface area contributed by atoms with Gasteiger partial charge in [-0.15, -0.1) is 0 Å². The van der Waals surface area contributed by atoms with Crippen LogP contribution in [0.2, 0.25) is 0 Å². The predicted octanol–water partition coefficient (Wildman–Crippen LogP) is 9.10. The average molecular weight is 519 g/mol. The van der Waals surface area contributed by atoms with Crippen LogP contribution in [0, 0.1) is 0 Å². The van der Waals surface area contributed by atoms with Gasteiger partial charge in [0.2, 0.25) is 0 Å². The quantitative estimate of drug-likeness (QED) is 0.209. The smallest absolute Gasteiger partial charge is 0.109 e. The summed E-state index contributed by atoms with van der Waals surface area (Å²) in [5.41, 5.74) is 12.6. The second kappa shape index (κ2) is 7.92. The normalized spacial score (nSPS) is 14.2. The molecule has 0 saturated carbocycles. The maximum atomic E-state index is 12.6. The number of hydrogen-bond acceptors (Lipinski definition) is 1. The van der Waals surface area contributed by atoms with Crippen LogP contribution in [0.1, 0.15) is 22.3 Å². The van der Waals surface area contributed by atoms with Crippen LogP contribution in [-0.2, 0) is 9.98 Å². The van der Waals surface area contributed by atoms with Crippen LogP contribution in [0.25, 0.3) is 44.2 Å². The van der Waals surface area contributed by atoms with Crippen molar-refractivity contribution in [3.63, 3.8) is 0 Å². The zero-order valence-corrected chi connectivity index (χ0v) is 22.9. The molecule has 0 amide bonds. The zero-order valence-electron chi connectivity index (χ0n) is 22.0.